The Labute approximate surface area is 160 Å². The third kappa shape index (κ3) is 2.45. The first-order valence-electron chi connectivity index (χ1n) is 9.10. The van der Waals surface area contributed by atoms with E-state index in [-0.39, 0.29) is 0 Å². The number of fused-ring (bicyclic) bond motifs is 2. The van der Waals surface area contributed by atoms with Crippen molar-refractivity contribution in [3.05, 3.63) is 48.6 Å². The Morgan fingerprint density at radius 1 is 0.964 bits per heavy atom. The maximum Gasteiger partial charge on any atom is 0.164 e. The lowest BCUT2D eigenvalue weighted by molar-refractivity contribution is 0.785. The van der Waals surface area contributed by atoms with E-state index in [9.17, 15) is 0 Å². The molecule has 1 N–H and O–H groups in total. The Morgan fingerprint density at radius 3 is 2.54 bits per heavy atom. The van der Waals surface area contributed by atoms with Crippen molar-refractivity contribution in [3.8, 4) is 22.6 Å². The second-order valence-corrected chi connectivity index (χ2v) is 6.68. The predicted molar refractivity (Wildman–Crippen MR) is 107 cm³/mol. The van der Waals surface area contributed by atoms with Crippen LogP contribution in [0.3, 0.4) is 0 Å². The summed E-state index contributed by atoms with van der Waals surface area (Å²) in [6.45, 7) is 6.71. The van der Waals surface area contributed by atoms with Crippen LogP contribution in [0.1, 0.15) is 18.3 Å². The fourth-order valence-electron chi connectivity index (χ4n) is 3.44. The zero-order chi connectivity index (χ0) is 19.3. The lowest BCUT2D eigenvalue weighted by Crippen LogP contribution is -2.00. The molecule has 0 spiro atoms. The van der Waals surface area contributed by atoms with Crippen LogP contribution in [0.15, 0.2) is 37.2 Å². The standard InChI is InChI=1S/C20H18N8/c1-4-28-19(14-8-21-12(3)22-9-14)27-17-16(25-10-26-20(17)28)13-5-15-11(2)6-23-18(15)24-7-13/h5-10H,4H2,1-3H3,(H,23,24). The van der Waals surface area contributed by atoms with Crippen molar-refractivity contribution >= 4 is 22.2 Å². The summed E-state index contributed by atoms with van der Waals surface area (Å²) in [5.74, 6) is 1.51. The highest BCUT2D eigenvalue weighted by Crippen LogP contribution is 2.30. The van der Waals surface area contributed by atoms with Gasteiger partial charge in [0, 0.05) is 42.3 Å². The van der Waals surface area contributed by atoms with E-state index in [4.69, 9.17) is 4.98 Å². The summed E-state index contributed by atoms with van der Waals surface area (Å²) in [4.78, 5) is 30.2. The van der Waals surface area contributed by atoms with Gasteiger partial charge >= 0.3 is 0 Å². The lowest BCUT2D eigenvalue weighted by atomic mass is 10.1. The Balaban J connectivity index is 1.76. The van der Waals surface area contributed by atoms with Crippen molar-refractivity contribution in [2.24, 2.45) is 0 Å². The molecule has 0 unspecified atom stereocenters. The molecule has 138 valence electrons. The van der Waals surface area contributed by atoms with Crippen molar-refractivity contribution < 1.29 is 0 Å². The number of rotatable bonds is 3. The summed E-state index contributed by atoms with van der Waals surface area (Å²) in [5.41, 5.74) is 6.07. The molecule has 0 aliphatic carbocycles. The van der Waals surface area contributed by atoms with Crippen molar-refractivity contribution in [2.75, 3.05) is 0 Å². The van der Waals surface area contributed by atoms with Gasteiger partial charge in [-0.15, -0.1) is 0 Å². The summed E-state index contributed by atoms with van der Waals surface area (Å²) < 4.78 is 2.06. The van der Waals surface area contributed by atoms with Crippen LogP contribution in [0.4, 0.5) is 0 Å². The van der Waals surface area contributed by atoms with E-state index in [0.717, 1.165) is 62.8 Å². The molecule has 0 atom stereocenters. The largest absolute Gasteiger partial charge is 0.346 e. The molecule has 0 fully saturated rings. The highest BCUT2D eigenvalue weighted by atomic mass is 15.1. The van der Waals surface area contributed by atoms with Crippen LogP contribution in [0, 0.1) is 13.8 Å². The average molecular weight is 370 g/mol. The molecule has 0 aromatic carbocycles. The topological polar surface area (TPSA) is 98.1 Å². The summed E-state index contributed by atoms with van der Waals surface area (Å²) in [5, 5.41) is 1.08. The van der Waals surface area contributed by atoms with Crippen LogP contribution in [0.2, 0.25) is 0 Å². The molecule has 0 saturated heterocycles. The van der Waals surface area contributed by atoms with Gasteiger partial charge in [-0.3, -0.25) is 0 Å². The molecule has 0 saturated carbocycles. The van der Waals surface area contributed by atoms with Crippen LogP contribution in [0.5, 0.6) is 0 Å². The normalized spacial score (nSPS) is 11.5. The number of imidazole rings is 1. The third-order valence-corrected chi connectivity index (χ3v) is 4.90. The van der Waals surface area contributed by atoms with E-state index in [1.807, 2.05) is 19.3 Å². The van der Waals surface area contributed by atoms with Gasteiger partial charge in [-0.05, 0) is 32.4 Å². The number of nitrogens with one attached hydrogen (secondary N) is 1. The first-order chi connectivity index (χ1) is 13.7. The first-order valence-corrected chi connectivity index (χ1v) is 9.10. The van der Waals surface area contributed by atoms with Crippen molar-refractivity contribution in [2.45, 2.75) is 27.3 Å². The zero-order valence-corrected chi connectivity index (χ0v) is 15.8. The summed E-state index contributed by atoms with van der Waals surface area (Å²) in [7, 11) is 0. The fourth-order valence-corrected chi connectivity index (χ4v) is 3.44. The van der Waals surface area contributed by atoms with E-state index >= 15 is 0 Å². The summed E-state index contributed by atoms with van der Waals surface area (Å²) in [6.07, 6.45) is 8.94. The molecular weight excluding hydrogens is 352 g/mol. The van der Waals surface area contributed by atoms with Crippen molar-refractivity contribution in [1.82, 2.24) is 39.5 Å². The third-order valence-electron chi connectivity index (χ3n) is 4.90. The SMILES string of the molecule is CCn1c(-c2cnc(C)nc2)nc2c(-c3cnc4[nH]cc(C)c4c3)ncnc21. The number of hydrogen-bond acceptors (Lipinski definition) is 6. The molecular formula is C20H18N8. The molecule has 0 bridgehead atoms. The van der Waals surface area contributed by atoms with Crippen LogP contribution in [0.25, 0.3) is 44.8 Å². The number of nitrogens with zero attached hydrogens (tertiary/aromatic N) is 7. The zero-order valence-electron chi connectivity index (χ0n) is 15.8. The maximum atomic E-state index is 4.87. The second-order valence-electron chi connectivity index (χ2n) is 6.68. The van der Waals surface area contributed by atoms with Crippen LogP contribution >= 0.6 is 0 Å². The van der Waals surface area contributed by atoms with Crippen LogP contribution in [-0.2, 0) is 6.54 Å². The fraction of sp³-hybridized carbons (Fsp3) is 0.200. The highest BCUT2D eigenvalue weighted by molar-refractivity contribution is 5.92. The minimum Gasteiger partial charge on any atom is -0.346 e. The Bertz CT molecular complexity index is 1310. The van der Waals surface area contributed by atoms with Gasteiger partial charge in [0.05, 0.1) is 5.56 Å². The first kappa shape index (κ1) is 16.5. The minimum absolute atomic E-state index is 0.727. The van der Waals surface area contributed by atoms with Crippen molar-refractivity contribution in [1.29, 1.82) is 0 Å². The van der Waals surface area contributed by atoms with E-state index in [1.165, 1.54) is 0 Å². The number of pyridine rings is 1. The lowest BCUT2D eigenvalue weighted by Gasteiger charge is -2.05. The van der Waals surface area contributed by atoms with Crippen molar-refractivity contribution in [3.63, 3.8) is 0 Å². The molecule has 8 nitrogen and oxygen atoms in total. The molecule has 5 heterocycles. The van der Waals surface area contributed by atoms with Gasteiger partial charge in [0.2, 0.25) is 0 Å². The van der Waals surface area contributed by atoms with Gasteiger partial charge in [-0.25, -0.2) is 29.9 Å². The molecule has 0 amide bonds. The molecule has 0 aliphatic heterocycles. The molecule has 5 aromatic heterocycles. The monoisotopic (exact) mass is 370 g/mol. The number of aromatic nitrogens is 8. The smallest absolute Gasteiger partial charge is 0.164 e. The minimum atomic E-state index is 0.727. The summed E-state index contributed by atoms with van der Waals surface area (Å²) in [6, 6.07) is 2.09. The van der Waals surface area contributed by atoms with Crippen LogP contribution < -0.4 is 0 Å². The Kier molecular flexibility index (Phi) is 3.65. The van der Waals surface area contributed by atoms with E-state index in [2.05, 4.69) is 54.4 Å². The predicted octanol–water partition coefficient (Wildman–Crippen LogP) is 3.46. The van der Waals surface area contributed by atoms with E-state index < -0.39 is 0 Å². The number of H-pyrrole nitrogens is 1. The van der Waals surface area contributed by atoms with Gasteiger partial charge in [0.1, 0.15) is 34.8 Å². The highest BCUT2D eigenvalue weighted by Gasteiger charge is 2.18. The van der Waals surface area contributed by atoms with Gasteiger partial charge in [0.15, 0.2) is 5.65 Å². The molecule has 5 rings (SSSR count). The second kappa shape index (κ2) is 6.19. The Morgan fingerprint density at radius 2 is 1.75 bits per heavy atom. The van der Waals surface area contributed by atoms with Gasteiger partial charge < -0.3 is 9.55 Å². The molecule has 8 heteroatoms. The van der Waals surface area contributed by atoms with Gasteiger partial charge in [0.25, 0.3) is 0 Å². The number of hydrogen-bond donors (Lipinski definition) is 1. The molecule has 0 aliphatic rings. The van der Waals surface area contributed by atoms with E-state index in [0.29, 0.717) is 0 Å². The van der Waals surface area contributed by atoms with E-state index in [1.54, 1.807) is 18.7 Å². The molecule has 0 radical (unpaired) electrons. The van der Waals surface area contributed by atoms with Crippen LogP contribution in [-0.4, -0.2) is 39.5 Å². The number of aryl methyl sites for hydroxylation is 3. The van der Waals surface area contributed by atoms with Gasteiger partial charge in [-0.2, -0.15) is 0 Å². The maximum absolute atomic E-state index is 4.87. The van der Waals surface area contributed by atoms with Gasteiger partial charge in [-0.1, -0.05) is 0 Å². The average Bonchev–Trinajstić information content (AvgIpc) is 3.28. The Hall–Kier alpha value is -3.68. The number of aromatic amines is 1. The summed E-state index contributed by atoms with van der Waals surface area (Å²) >= 11 is 0. The quantitative estimate of drug-likeness (QED) is 0.522. The molecule has 5 aromatic rings. The molecule has 28 heavy (non-hydrogen) atoms.